The van der Waals surface area contributed by atoms with Crippen LogP contribution in [0.3, 0.4) is 0 Å². The molecule has 102 valence electrons. The molecule has 5 heteroatoms. The van der Waals surface area contributed by atoms with Crippen molar-refractivity contribution in [2.75, 3.05) is 5.32 Å². The van der Waals surface area contributed by atoms with E-state index in [1.54, 1.807) is 13.0 Å². The summed E-state index contributed by atoms with van der Waals surface area (Å²) >= 11 is 0. The number of halogens is 3. The molecule has 0 amide bonds. The minimum Gasteiger partial charge on any atom is -0.378 e. The predicted octanol–water partition coefficient (Wildman–Crippen LogP) is 4.15. The lowest BCUT2D eigenvalue weighted by Crippen LogP contribution is -2.07. The number of nitrogens with zero attached hydrogens (tertiary/aromatic N) is 1. The first-order valence-electron chi connectivity index (χ1n) is 5.92. The van der Waals surface area contributed by atoms with Crippen LogP contribution >= 0.6 is 0 Å². The molecular weight excluding hydrogens is 265 g/mol. The van der Waals surface area contributed by atoms with Gasteiger partial charge in [0.15, 0.2) is 11.6 Å². The zero-order valence-corrected chi connectivity index (χ0v) is 10.6. The minimum absolute atomic E-state index is 0.0764. The predicted molar refractivity (Wildman–Crippen MR) is 69.5 cm³/mol. The van der Waals surface area contributed by atoms with Crippen LogP contribution in [0.15, 0.2) is 36.4 Å². The highest BCUT2D eigenvalue weighted by atomic mass is 19.2. The summed E-state index contributed by atoms with van der Waals surface area (Å²) in [4.78, 5) is 0. The molecule has 0 radical (unpaired) electrons. The van der Waals surface area contributed by atoms with E-state index in [2.05, 4.69) is 5.32 Å². The zero-order valence-electron chi connectivity index (χ0n) is 10.6. The Bertz CT molecular complexity index is 677. The molecule has 0 bridgehead atoms. The fourth-order valence-corrected chi connectivity index (χ4v) is 1.82. The molecule has 2 aromatic rings. The first-order valence-corrected chi connectivity index (χ1v) is 5.92. The maximum Gasteiger partial charge on any atom is 0.159 e. The molecule has 1 unspecified atom stereocenters. The minimum atomic E-state index is -0.923. The van der Waals surface area contributed by atoms with Crippen molar-refractivity contribution in [1.29, 1.82) is 5.26 Å². The second kappa shape index (κ2) is 5.66. The molecule has 0 saturated heterocycles. The van der Waals surface area contributed by atoms with Gasteiger partial charge in [0.2, 0.25) is 0 Å². The topological polar surface area (TPSA) is 35.8 Å². The molecular formula is C15H11F3N2. The Hall–Kier alpha value is -2.48. The van der Waals surface area contributed by atoms with Crippen molar-refractivity contribution < 1.29 is 13.2 Å². The normalized spacial score (nSPS) is 11.8. The standard InChI is InChI=1S/C15H11F3N2/c1-9(10-2-4-14(17)15(18)7-10)20-12-3-5-13(16)11(6-12)8-19/h2-7,9,20H,1H3. The highest BCUT2D eigenvalue weighted by molar-refractivity contribution is 5.51. The number of hydrogen-bond donors (Lipinski definition) is 1. The van der Waals surface area contributed by atoms with Crippen LogP contribution in [0, 0.1) is 28.8 Å². The van der Waals surface area contributed by atoms with Gasteiger partial charge in [0.1, 0.15) is 11.9 Å². The Morgan fingerprint density at radius 2 is 1.70 bits per heavy atom. The van der Waals surface area contributed by atoms with E-state index in [0.29, 0.717) is 11.3 Å². The van der Waals surface area contributed by atoms with Gasteiger partial charge in [-0.2, -0.15) is 5.26 Å². The summed E-state index contributed by atoms with van der Waals surface area (Å²) in [6.45, 7) is 1.75. The largest absolute Gasteiger partial charge is 0.378 e. The van der Waals surface area contributed by atoms with E-state index in [0.717, 1.165) is 12.1 Å². The molecule has 0 aliphatic rings. The van der Waals surface area contributed by atoms with E-state index in [4.69, 9.17) is 5.26 Å². The molecule has 2 aromatic carbocycles. The van der Waals surface area contributed by atoms with Gasteiger partial charge in [0, 0.05) is 11.7 Å². The third kappa shape index (κ3) is 2.91. The average Bonchev–Trinajstić information content (AvgIpc) is 2.43. The van der Waals surface area contributed by atoms with Crippen molar-refractivity contribution in [3.05, 3.63) is 65.0 Å². The maximum atomic E-state index is 13.2. The van der Waals surface area contributed by atoms with Crippen LogP contribution in [0.4, 0.5) is 18.9 Å². The fourth-order valence-electron chi connectivity index (χ4n) is 1.82. The monoisotopic (exact) mass is 276 g/mol. The Morgan fingerprint density at radius 1 is 1.00 bits per heavy atom. The second-order valence-electron chi connectivity index (χ2n) is 4.35. The quantitative estimate of drug-likeness (QED) is 0.914. The lowest BCUT2D eigenvalue weighted by molar-refractivity contribution is 0.506. The van der Waals surface area contributed by atoms with Crippen molar-refractivity contribution in [3.63, 3.8) is 0 Å². The van der Waals surface area contributed by atoms with Crippen LogP contribution in [-0.2, 0) is 0 Å². The fraction of sp³-hybridized carbons (Fsp3) is 0.133. The van der Waals surface area contributed by atoms with Gasteiger partial charge in [-0.15, -0.1) is 0 Å². The van der Waals surface area contributed by atoms with Crippen LogP contribution in [0.2, 0.25) is 0 Å². The third-order valence-electron chi connectivity index (χ3n) is 2.91. The van der Waals surface area contributed by atoms with Crippen molar-refractivity contribution in [2.45, 2.75) is 13.0 Å². The van der Waals surface area contributed by atoms with Crippen molar-refractivity contribution >= 4 is 5.69 Å². The number of benzene rings is 2. The van der Waals surface area contributed by atoms with Gasteiger partial charge in [-0.05, 0) is 42.8 Å². The molecule has 0 spiro atoms. The maximum absolute atomic E-state index is 13.2. The van der Waals surface area contributed by atoms with Crippen molar-refractivity contribution in [2.24, 2.45) is 0 Å². The number of nitrogens with one attached hydrogen (secondary N) is 1. The first-order chi connectivity index (χ1) is 9.51. The highest BCUT2D eigenvalue weighted by Crippen LogP contribution is 2.22. The SMILES string of the molecule is CC(Nc1ccc(F)c(C#N)c1)c1ccc(F)c(F)c1. The lowest BCUT2D eigenvalue weighted by atomic mass is 10.1. The van der Waals surface area contributed by atoms with E-state index in [9.17, 15) is 13.2 Å². The van der Waals surface area contributed by atoms with Crippen molar-refractivity contribution in [3.8, 4) is 6.07 Å². The average molecular weight is 276 g/mol. The third-order valence-corrected chi connectivity index (χ3v) is 2.91. The Kier molecular flexibility index (Phi) is 3.94. The van der Waals surface area contributed by atoms with Gasteiger partial charge < -0.3 is 5.32 Å². The summed E-state index contributed by atoms with van der Waals surface area (Å²) < 4.78 is 39.2. The highest BCUT2D eigenvalue weighted by Gasteiger charge is 2.10. The summed E-state index contributed by atoms with van der Waals surface area (Å²) in [5.74, 6) is -2.43. The number of rotatable bonds is 3. The molecule has 20 heavy (non-hydrogen) atoms. The van der Waals surface area contributed by atoms with Gasteiger partial charge in [-0.3, -0.25) is 0 Å². The van der Waals surface area contributed by atoms with Crippen LogP contribution in [-0.4, -0.2) is 0 Å². The smallest absolute Gasteiger partial charge is 0.159 e. The molecule has 0 aliphatic carbocycles. The van der Waals surface area contributed by atoms with Gasteiger partial charge in [0.05, 0.1) is 5.56 Å². The molecule has 0 aromatic heterocycles. The van der Waals surface area contributed by atoms with E-state index in [1.807, 2.05) is 0 Å². The van der Waals surface area contributed by atoms with E-state index in [-0.39, 0.29) is 11.6 Å². The summed E-state index contributed by atoms with van der Waals surface area (Å²) in [7, 11) is 0. The summed E-state index contributed by atoms with van der Waals surface area (Å²) in [6.07, 6.45) is 0. The van der Waals surface area contributed by atoms with Crippen LogP contribution in [0.5, 0.6) is 0 Å². The first kappa shape index (κ1) is 13.9. The molecule has 1 N–H and O–H groups in total. The van der Waals surface area contributed by atoms with Crippen LogP contribution in [0.1, 0.15) is 24.1 Å². The van der Waals surface area contributed by atoms with Crippen LogP contribution in [0.25, 0.3) is 0 Å². The van der Waals surface area contributed by atoms with E-state index < -0.39 is 17.5 Å². The van der Waals surface area contributed by atoms with Gasteiger partial charge >= 0.3 is 0 Å². The second-order valence-corrected chi connectivity index (χ2v) is 4.35. The number of anilines is 1. The van der Waals surface area contributed by atoms with Gasteiger partial charge in [0.25, 0.3) is 0 Å². The molecule has 0 saturated carbocycles. The van der Waals surface area contributed by atoms with E-state index >= 15 is 0 Å². The van der Waals surface area contributed by atoms with E-state index in [1.165, 1.54) is 24.3 Å². The number of hydrogen-bond acceptors (Lipinski definition) is 2. The summed E-state index contributed by atoms with van der Waals surface area (Å²) in [6, 6.07) is 9.06. The lowest BCUT2D eigenvalue weighted by Gasteiger charge is -2.16. The summed E-state index contributed by atoms with van der Waals surface area (Å²) in [5.41, 5.74) is 0.999. The molecule has 0 aliphatic heterocycles. The Morgan fingerprint density at radius 3 is 2.35 bits per heavy atom. The Balaban J connectivity index is 2.21. The van der Waals surface area contributed by atoms with Gasteiger partial charge in [-0.25, -0.2) is 13.2 Å². The molecule has 2 nitrogen and oxygen atoms in total. The van der Waals surface area contributed by atoms with Crippen molar-refractivity contribution in [1.82, 2.24) is 0 Å². The molecule has 0 fully saturated rings. The summed E-state index contributed by atoms with van der Waals surface area (Å²) in [5, 5.41) is 11.8. The van der Waals surface area contributed by atoms with Gasteiger partial charge in [-0.1, -0.05) is 6.07 Å². The zero-order chi connectivity index (χ0) is 14.7. The van der Waals surface area contributed by atoms with Crippen LogP contribution < -0.4 is 5.32 Å². The molecule has 2 rings (SSSR count). The number of nitriles is 1. The molecule has 1 atom stereocenters. The Labute approximate surface area is 114 Å². The molecule has 0 heterocycles.